The van der Waals surface area contributed by atoms with Crippen LogP contribution in [-0.4, -0.2) is 6.54 Å². The van der Waals surface area contributed by atoms with Crippen molar-refractivity contribution in [3.63, 3.8) is 0 Å². The number of nitrogens with one attached hydrogen (secondary N) is 1. The van der Waals surface area contributed by atoms with E-state index in [2.05, 4.69) is 37.4 Å². The summed E-state index contributed by atoms with van der Waals surface area (Å²) in [4.78, 5) is 0. The van der Waals surface area contributed by atoms with Gasteiger partial charge in [-0.05, 0) is 61.2 Å². The van der Waals surface area contributed by atoms with Crippen LogP contribution >= 0.6 is 0 Å². The van der Waals surface area contributed by atoms with E-state index in [0.717, 1.165) is 25.1 Å². The number of halogens is 1. The molecule has 19 heavy (non-hydrogen) atoms. The second-order valence-electron chi connectivity index (χ2n) is 4.98. The topological polar surface area (TPSA) is 12.0 Å². The van der Waals surface area contributed by atoms with Gasteiger partial charge in [0.05, 0.1) is 0 Å². The summed E-state index contributed by atoms with van der Waals surface area (Å²) in [5.74, 6) is -0.161. The van der Waals surface area contributed by atoms with Crippen LogP contribution in [0.1, 0.15) is 22.3 Å². The molecule has 0 spiro atoms. The summed E-state index contributed by atoms with van der Waals surface area (Å²) in [6.07, 6.45) is 0.850. The van der Waals surface area contributed by atoms with E-state index in [1.807, 2.05) is 6.07 Å². The fraction of sp³-hybridized carbons (Fsp3) is 0.294. The van der Waals surface area contributed by atoms with Gasteiger partial charge in [0, 0.05) is 6.54 Å². The Bertz CT molecular complexity index is 549. The minimum absolute atomic E-state index is 0.161. The van der Waals surface area contributed by atoms with Gasteiger partial charge in [-0.3, -0.25) is 0 Å². The van der Waals surface area contributed by atoms with E-state index in [1.54, 1.807) is 12.1 Å². The van der Waals surface area contributed by atoms with Gasteiger partial charge in [0.2, 0.25) is 0 Å². The second-order valence-corrected chi connectivity index (χ2v) is 4.98. The molecular weight excluding hydrogens is 237 g/mol. The van der Waals surface area contributed by atoms with Crippen LogP contribution in [0.3, 0.4) is 0 Å². The fourth-order valence-electron chi connectivity index (χ4n) is 2.07. The van der Waals surface area contributed by atoms with E-state index >= 15 is 0 Å². The Morgan fingerprint density at radius 1 is 0.947 bits per heavy atom. The maximum absolute atomic E-state index is 13.0. The van der Waals surface area contributed by atoms with E-state index < -0.39 is 0 Å². The molecule has 1 nitrogen and oxygen atoms in total. The number of rotatable bonds is 5. The molecule has 2 rings (SSSR count). The highest BCUT2D eigenvalue weighted by atomic mass is 19.1. The first-order chi connectivity index (χ1) is 9.15. The smallest absolute Gasteiger partial charge is 0.123 e. The fourth-order valence-corrected chi connectivity index (χ4v) is 2.07. The van der Waals surface area contributed by atoms with Crippen molar-refractivity contribution in [1.82, 2.24) is 5.32 Å². The normalized spacial score (nSPS) is 10.7. The number of aryl methyl sites for hydroxylation is 2. The van der Waals surface area contributed by atoms with Gasteiger partial charge in [0.25, 0.3) is 0 Å². The standard InChI is InChI=1S/C17H20FN/c1-13-6-7-16(10-14(13)2)12-19-9-8-15-4-3-5-17(18)11-15/h3-7,10-11,19H,8-9,12H2,1-2H3. The quantitative estimate of drug-likeness (QED) is 0.804. The van der Waals surface area contributed by atoms with Crippen LogP contribution in [0.15, 0.2) is 42.5 Å². The molecule has 0 unspecified atom stereocenters. The predicted molar refractivity (Wildman–Crippen MR) is 77.7 cm³/mol. The minimum atomic E-state index is -0.161. The molecule has 0 heterocycles. The van der Waals surface area contributed by atoms with Gasteiger partial charge >= 0.3 is 0 Å². The minimum Gasteiger partial charge on any atom is -0.312 e. The Kier molecular flexibility index (Phi) is 4.69. The number of benzene rings is 2. The Morgan fingerprint density at radius 3 is 2.53 bits per heavy atom. The third kappa shape index (κ3) is 4.18. The van der Waals surface area contributed by atoms with Gasteiger partial charge in [-0.15, -0.1) is 0 Å². The first-order valence-electron chi connectivity index (χ1n) is 6.66. The lowest BCUT2D eigenvalue weighted by Crippen LogP contribution is -2.16. The molecule has 0 radical (unpaired) electrons. The van der Waals surface area contributed by atoms with Crippen molar-refractivity contribution in [2.75, 3.05) is 6.54 Å². The average Bonchev–Trinajstić information content (AvgIpc) is 2.39. The summed E-state index contributed by atoms with van der Waals surface area (Å²) in [5.41, 5.74) is 4.97. The second kappa shape index (κ2) is 6.48. The summed E-state index contributed by atoms with van der Waals surface area (Å²) in [7, 11) is 0. The highest BCUT2D eigenvalue weighted by Gasteiger charge is 1.98. The first kappa shape index (κ1) is 13.8. The van der Waals surface area contributed by atoms with Crippen LogP contribution in [0.4, 0.5) is 4.39 Å². The zero-order valence-corrected chi connectivity index (χ0v) is 11.5. The highest BCUT2D eigenvalue weighted by Crippen LogP contribution is 2.09. The molecule has 0 fully saturated rings. The first-order valence-corrected chi connectivity index (χ1v) is 6.66. The van der Waals surface area contributed by atoms with E-state index in [4.69, 9.17) is 0 Å². The van der Waals surface area contributed by atoms with Gasteiger partial charge in [-0.2, -0.15) is 0 Å². The molecule has 0 saturated heterocycles. The molecule has 0 bridgehead atoms. The third-order valence-electron chi connectivity index (χ3n) is 3.38. The maximum Gasteiger partial charge on any atom is 0.123 e. The van der Waals surface area contributed by atoms with E-state index in [-0.39, 0.29) is 5.82 Å². The molecule has 0 aliphatic carbocycles. The van der Waals surface area contributed by atoms with Gasteiger partial charge in [0.15, 0.2) is 0 Å². The van der Waals surface area contributed by atoms with Crippen LogP contribution in [0.25, 0.3) is 0 Å². The Hall–Kier alpha value is -1.67. The number of hydrogen-bond donors (Lipinski definition) is 1. The molecule has 0 aliphatic rings. The molecule has 0 atom stereocenters. The molecule has 1 N–H and O–H groups in total. The van der Waals surface area contributed by atoms with Gasteiger partial charge in [-0.25, -0.2) is 4.39 Å². The molecule has 0 aliphatic heterocycles. The summed E-state index contributed by atoms with van der Waals surface area (Å²) in [6, 6.07) is 13.3. The summed E-state index contributed by atoms with van der Waals surface area (Å²) < 4.78 is 13.0. The predicted octanol–water partition coefficient (Wildman–Crippen LogP) is 3.77. The van der Waals surface area contributed by atoms with Crippen molar-refractivity contribution < 1.29 is 4.39 Å². The summed E-state index contributed by atoms with van der Waals surface area (Å²) >= 11 is 0. The maximum atomic E-state index is 13.0. The molecule has 100 valence electrons. The van der Waals surface area contributed by atoms with Crippen LogP contribution in [0, 0.1) is 19.7 Å². The van der Waals surface area contributed by atoms with Crippen LogP contribution in [-0.2, 0) is 13.0 Å². The Labute approximate surface area is 114 Å². The number of hydrogen-bond acceptors (Lipinski definition) is 1. The molecule has 0 aromatic heterocycles. The van der Waals surface area contributed by atoms with Gasteiger partial charge in [-0.1, -0.05) is 30.3 Å². The Morgan fingerprint density at radius 2 is 1.79 bits per heavy atom. The molecule has 0 saturated carbocycles. The lowest BCUT2D eigenvalue weighted by Gasteiger charge is -2.07. The van der Waals surface area contributed by atoms with Crippen LogP contribution < -0.4 is 5.32 Å². The molecular formula is C17H20FN. The molecule has 2 heteroatoms. The zero-order chi connectivity index (χ0) is 13.7. The zero-order valence-electron chi connectivity index (χ0n) is 11.5. The van der Waals surface area contributed by atoms with E-state index in [9.17, 15) is 4.39 Å². The lowest BCUT2D eigenvalue weighted by atomic mass is 10.1. The van der Waals surface area contributed by atoms with Crippen molar-refractivity contribution in [3.8, 4) is 0 Å². The van der Waals surface area contributed by atoms with Crippen molar-refractivity contribution in [2.45, 2.75) is 26.8 Å². The molecule has 2 aromatic carbocycles. The summed E-state index contributed by atoms with van der Waals surface area (Å²) in [6.45, 7) is 5.97. The van der Waals surface area contributed by atoms with Crippen LogP contribution in [0.2, 0.25) is 0 Å². The molecule has 0 amide bonds. The van der Waals surface area contributed by atoms with Gasteiger partial charge in [0.1, 0.15) is 5.82 Å². The van der Waals surface area contributed by atoms with Crippen molar-refractivity contribution in [3.05, 3.63) is 70.5 Å². The SMILES string of the molecule is Cc1ccc(CNCCc2cccc(F)c2)cc1C. The van der Waals surface area contributed by atoms with Crippen molar-refractivity contribution >= 4 is 0 Å². The highest BCUT2D eigenvalue weighted by molar-refractivity contribution is 5.29. The van der Waals surface area contributed by atoms with E-state index in [1.165, 1.54) is 22.8 Å². The third-order valence-corrected chi connectivity index (χ3v) is 3.38. The van der Waals surface area contributed by atoms with E-state index in [0.29, 0.717) is 0 Å². The van der Waals surface area contributed by atoms with Gasteiger partial charge < -0.3 is 5.32 Å². The lowest BCUT2D eigenvalue weighted by molar-refractivity contribution is 0.622. The molecule has 2 aromatic rings. The van der Waals surface area contributed by atoms with Crippen molar-refractivity contribution in [1.29, 1.82) is 0 Å². The average molecular weight is 257 g/mol. The Balaban J connectivity index is 1.79. The summed E-state index contributed by atoms with van der Waals surface area (Å²) in [5, 5.41) is 3.39. The van der Waals surface area contributed by atoms with Crippen LogP contribution in [0.5, 0.6) is 0 Å². The largest absolute Gasteiger partial charge is 0.312 e. The van der Waals surface area contributed by atoms with Crippen molar-refractivity contribution in [2.24, 2.45) is 0 Å². The monoisotopic (exact) mass is 257 g/mol.